The second kappa shape index (κ2) is 52.9. The monoisotopic (exact) mass is 1200 g/mol. The summed E-state index contributed by atoms with van der Waals surface area (Å²) in [6.45, 7) is 0. The highest BCUT2D eigenvalue weighted by Gasteiger charge is 2.69. The van der Waals surface area contributed by atoms with E-state index in [1.54, 1.807) is 0 Å². The second-order valence-electron chi connectivity index (χ2n) is 29.8. The third-order valence-electron chi connectivity index (χ3n) is 22.3. The maximum atomic E-state index is 7.71. The molecule has 107 heteroatoms. The van der Waals surface area contributed by atoms with Crippen LogP contribution in [0.1, 0.15) is 0 Å². The molecule has 0 unspecified atom stereocenters. The molecule has 0 amide bonds. The van der Waals surface area contributed by atoms with Crippen molar-refractivity contribution in [3.05, 3.63) is 0 Å². The SMILES string of the molecule is [B][B]B([B])B(B(B([B])[B])B([B])[B])B(B(B(B([B])[B])B([B])[B])B(B([B])[B])B([B])[B])B(B(B(B([B])[B])B([B])[B])B(B([B])[B])B([B])[B])P(B(B(B(B([B])[B])B([B])[B])B(B([B])[B])B([B])[B])B(B(B([B])[B])B([B])[B])B(B([B])[B])B([B])[B])B(B(B(B([B])[B])B([B])[B])B(B([B])[B])B([B])[B])B(B(B([B])[B])B([B])[B])B(B([B])[B])B([B])[B]. The lowest BCUT2D eigenvalue weighted by Gasteiger charge is -2.65. The van der Waals surface area contributed by atoms with E-state index in [0.29, 0.717) is 0 Å². The van der Waals surface area contributed by atoms with Gasteiger partial charge in [-0.2, -0.15) is 0 Å². The van der Waals surface area contributed by atoms with Crippen LogP contribution in [0.3, 0.4) is 0 Å². The van der Waals surface area contributed by atoms with Gasteiger partial charge in [-0.1, -0.05) is 0 Å². The fraction of sp³-hybridized carbons (Fsp3) is 0. The Morgan fingerprint density at radius 2 is 0.196 bits per heavy atom. The highest BCUT2D eigenvalue weighted by molar-refractivity contribution is 8.65. The van der Waals surface area contributed by atoms with Crippen molar-refractivity contribution in [1.29, 1.82) is 0 Å². The minimum Gasteiger partial charge on any atom is -0.253 e. The molecule has 0 nitrogen and oxygen atoms in total. The zero-order valence-electron chi connectivity index (χ0n) is 61.6. The molecule has 0 aliphatic heterocycles. The molecule has 0 rings (SSSR count). The van der Waals surface area contributed by atoms with Crippen LogP contribution in [-0.2, 0) is 0 Å². The van der Waals surface area contributed by atoms with Crippen molar-refractivity contribution in [1.82, 2.24) is 0 Å². The van der Waals surface area contributed by atoms with E-state index in [4.69, 9.17) is 418 Å². The van der Waals surface area contributed by atoms with Crippen molar-refractivity contribution < 1.29 is 0 Å². The molecule has 0 heterocycles. The van der Waals surface area contributed by atoms with E-state index in [1.165, 1.54) is 0 Å². The minimum atomic E-state index is -3.91. The summed E-state index contributed by atoms with van der Waals surface area (Å²) in [7, 11) is 386. The lowest BCUT2D eigenvalue weighted by Crippen LogP contribution is -2.94. The molecule has 0 N–H and O–H groups in total. The molecular weight excluding hydrogens is 1180 g/mol. The molecular formula is B106P. The molecule has 0 spiro atoms. The summed E-state index contributed by atoms with van der Waals surface area (Å²) in [5.41, 5.74) is 0. The molecule has 0 fully saturated rings. The van der Waals surface area contributed by atoms with E-state index in [2.05, 4.69) is 0 Å². The van der Waals surface area contributed by atoms with E-state index in [1.807, 2.05) is 0 Å². The van der Waals surface area contributed by atoms with Gasteiger partial charge in [0.1, 0.15) is 0 Å². The maximum Gasteiger partial charge on any atom is 0.0527 e. The van der Waals surface area contributed by atoms with Gasteiger partial charge in [0, 0.05) is 731 Å². The van der Waals surface area contributed by atoms with Gasteiger partial charge in [-0.25, -0.2) is 0 Å². The van der Waals surface area contributed by atoms with Crippen molar-refractivity contribution in [2.45, 2.75) is 0 Å². The average Bonchev–Trinajstić information content (AvgIpc) is 0.706. The molecule has 0 aliphatic carbocycles. The van der Waals surface area contributed by atoms with Crippen LogP contribution in [0, 0.1) is 0 Å². The Morgan fingerprint density at radius 1 is 0.112 bits per heavy atom. The predicted octanol–water partition coefficient (Wildman–Crippen LogP) is -39.5. The van der Waals surface area contributed by atoms with Crippen LogP contribution in [0.5, 0.6) is 0 Å². The van der Waals surface area contributed by atoms with Gasteiger partial charge >= 0.3 is 0 Å². The Morgan fingerprint density at radius 3 is 0.290 bits per heavy atom. The van der Waals surface area contributed by atoms with Crippen molar-refractivity contribution >= 4 is 758 Å². The standard InChI is InChI=1S/B106P/c1-55-82(54)96(83(56(2)3)57(4)5)103(97(84(58(6)7)59(8)9)85(60(10)11)61(12)13)106(102(94(78(46)47)79(48)49)95(80(50)51)81(52)53)107(104(98(86(62(14)15)63(16)17)87(64(18)19)65(20)21)99(88(66(22)23)67(24)25)89(68(26)27)69(28)29)105(100(90(70(30)31)71(32)33)91(72(34)35)73(36)37)101(92(74(38)39)75(40)41)93(76(42)43)77(44)45. The quantitative estimate of drug-likeness (QED) is 0.0421. The van der Waals surface area contributed by atoms with Crippen molar-refractivity contribution in [2.24, 2.45) is 0 Å². The summed E-state index contributed by atoms with van der Waals surface area (Å²) in [5.74, 6) is 0. The van der Waals surface area contributed by atoms with Crippen LogP contribution >= 0.6 is 7.56 Å². The lowest BCUT2D eigenvalue weighted by molar-refractivity contribution is 3.19. The van der Waals surface area contributed by atoms with Gasteiger partial charge in [0.05, 0.1) is 18.6 Å². The first-order chi connectivity index (χ1) is 48.7. The maximum absolute atomic E-state index is 7.71. The summed E-state index contributed by atoms with van der Waals surface area (Å²) in [5, 5.41) is 0. The van der Waals surface area contributed by atoms with Gasteiger partial charge in [-0.3, -0.25) is 7.56 Å². The van der Waals surface area contributed by atoms with Crippen LogP contribution < -0.4 is 0 Å². The molecule has 0 saturated heterocycles. The van der Waals surface area contributed by atoms with Crippen LogP contribution in [0.15, 0.2) is 0 Å². The molecule has 0 aromatic rings. The zero-order chi connectivity index (χ0) is 84.7. The Bertz CT molecular complexity index is 1840. The third kappa shape index (κ3) is 30.9. The first-order valence-electron chi connectivity index (χ1n) is 35.1. The smallest absolute Gasteiger partial charge is 0.0527 e. The van der Waals surface area contributed by atoms with E-state index >= 15 is 0 Å². The fourth-order valence-corrected chi connectivity index (χ4v) is 24.5. The van der Waals surface area contributed by atoms with Crippen molar-refractivity contribution in [2.75, 3.05) is 0 Å². The largest absolute Gasteiger partial charge is 0.253 e. The summed E-state index contributed by atoms with van der Waals surface area (Å²) in [6.07, 6.45) is -98.8. The van der Waals surface area contributed by atoms with Crippen molar-refractivity contribution in [3.63, 3.8) is 0 Å². The number of hydrogen-bond acceptors (Lipinski definition) is 0. The normalized spacial score (nSPS) is 9.92. The molecule has 0 atom stereocenters. The molecule has 107 heavy (non-hydrogen) atoms. The fourth-order valence-electron chi connectivity index (χ4n) is 18.5. The third-order valence-corrected chi connectivity index (χ3v) is 26.4. The molecule has 0 saturated carbocycles. The van der Waals surface area contributed by atoms with E-state index < -0.39 is 333 Å². The highest BCUT2D eigenvalue weighted by atomic mass is 31.1. The van der Waals surface area contributed by atoms with Crippen LogP contribution in [0.2, 0.25) is 0 Å². The number of hydrogen-bond donors (Lipinski definition) is 0. The summed E-state index contributed by atoms with van der Waals surface area (Å²) < 4.78 is 0. The first-order valence-corrected chi connectivity index (χ1v) is 36.7. The zero-order valence-corrected chi connectivity index (χ0v) is 62.5. The molecule has 0 aliphatic rings. The summed E-state index contributed by atoms with van der Waals surface area (Å²) in [4.78, 5) is 0. The van der Waals surface area contributed by atoms with E-state index in [0.717, 1.165) is 7.06 Å². The lowest BCUT2D eigenvalue weighted by atomic mass is 8.30. The van der Waals surface area contributed by atoms with Crippen molar-refractivity contribution in [3.8, 4) is 0 Å². The molecule has 0 aromatic heterocycles. The van der Waals surface area contributed by atoms with Crippen LogP contribution in [0.25, 0.3) is 0 Å². The molecule has 0 aromatic carbocycles. The van der Waals surface area contributed by atoms with E-state index in [9.17, 15) is 0 Å². The molecule has 0 bridgehead atoms. The second-order valence-corrected chi connectivity index (χ2v) is 32.5. The number of rotatable bonds is 52. The topological polar surface area (TPSA) is 0 Å². The van der Waals surface area contributed by atoms with E-state index in [-0.39, 0.29) is 0 Å². The molecule has 323 valence electrons. The Hall–Kier alpha value is 7.31. The van der Waals surface area contributed by atoms with Gasteiger partial charge in [0.15, 0.2) is 0 Å². The summed E-state index contributed by atoms with van der Waals surface area (Å²) in [6, 6.07) is 0. The highest BCUT2D eigenvalue weighted by Crippen LogP contribution is 2.54. The minimum absolute atomic E-state index is 0.956. The first kappa shape index (κ1) is 114. The van der Waals surface area contributed by atoms with Gasteiger partial charge in [-0.15, -0.1) is 0 Å². The Labute approximate surface area is 749 Å². The van der Waals surface area contributed by atoms with Gasteiger partial charge in [0.2, 0.25) is 0 Å². The van der Waals surface area contributed by atoms with Crippen LogP contribution in [0.4, 0.5) is 0 Å². The molecule has 109 radical (unpaired) electrons. The van der Waals surface area contributed by atoms with Gasteiger partial charge in [0.25, 0.3) is 0 Å². The predicted molar refractivity (Wildman–Crippen MR) is 617 cm³/mol. The average molecular weight is 1180 g/mol. The van der Waals surface area contributed by atoms with Gasteiger partial charge in [-0.05, 0) is 0 Å². The summed E-state index contributed by atoms with van der Waals surface area (Å²) >= 11 is 0. The Balaban J connectivity index is 15.3. The Kier molecular flexibility index (Phi) is 56.6. The van der Waals surface area contributed by atoms with Crippen LogP contribution in [-0.4, -0.2) is 750 Å². The van der Waals surface area contributed by atoms with Gasteiger partial charge < -0.3 is 0 Å².